The number of imidazole rings is 1. The molecule has 3 atom stereocenters. The number of carbonyl (C=O) groups excluding carboxylic acids is 2. The highest BCUT2D eigenvalue weighted by Crippen LogP contribution is 2.38. The summed E-state index contributed by atoms with van der Waals surface area (Å²) in [5, 5.41) is 0. The zero-order chi connectivity index (χ0) is 23.8. The molecule has 0 spiro atoms. The van der Waals surface area contributed by atoms with E-state index in [1.165, 1.54) is 12.7 Å². The summed E-state index contributed by atoms with van der Waals surface area (Å²) >= 11 is 0. The third-order valence-corrected chi connectivity index (χ3v) is 7.04. The average Bonchev–Trinajstić information content (AvgIpc) is 3.22. The van der Waals surface area contributed by atoms with Crippen molar-refractivity contribution in [3.63, 3.8) is 0 Å². The number of aromatic nitrogens is 2. The van der Waals surface area contributed by atoms with Crippen molar-refractivity contribution in [1.82, 2.24) is 9.55 Å². The van der Waals surface area contributed by atoms with Gasteiger partial charge in [0.15, 0.2) is 0 Å². The van der Waals surface area contributed by atoms with Crippen molar-refractivity contribution in [3.05, 3.63) is 59.4 Å². The SMILES string of the molecule is COC(=O)N1c2ccc3c(nc(Cc4ccccc4)n3[C@@H]3CC[C@@H](C(N)=O)OC3)c2CC[C@@H]1C. The van der Waals surface area contributed by atoms with Crippen LogP contribution >= 0.6 is 0 Å². The Labute approximate surface area is 198 Å². The number of hydrogen-bond acceptors (Lipinski definition) is 5. The first-order chi connectivity index (χ1) is 16.5. The lowest BCUT2D eigenvalue weighted by Crippen LogP contribution is -2.42. The lowest BCUT2D eigenvalue weighted by molar-refractivity contribution is -0.133. The quantitative estimate of drug-likeness (QED) is 0.637. The standard InChI is InChI=1S/C26H30N4O4/c1-16-8-10-19-20(29(16)26(32)33-2)11-12-21-24(19)28-23(14-17-6-4-3-5-7-17)30(21)18-9-13-22(25(27)31)34-15-18/h3-7,11-12,16,18,22H,8-10,13-15H2,1-2H3,(H2,27,31)/t16-,18+,22-/m0/s1. The van der Waals surface area contributed by atoms with Crippen LogP contribution in [0.4, 0.5) is 10.5 Å². The van der Waals surface area contributed by atoms with Crippen molar-refractivity contribution in [2.24, 2.45) is 5.73 Å². The lowest BCUT2D eigenvalue weighted by Gasteiger charge is -2.34. The van der Waals surface area contributed by atoms with Crippen LogP contribution in [0.1, 0.15) is 49.2 Å². The fourth-order valence-electron chi connectivity index (χ4n) is 5.30. The normalized spacial score (nSPS) is 22.4. The van der Waals surface area contributed by atoms with Gasteiger partial charge in [0.1, 0.15) is 11.9 Å². The van der Waals surface area contributed by atoms with Crippen LogP contribution in [-0.2, 0) is 27.1 Å². The number of anilines is 1. The van der Waals surface area contributed by atoms with E-state index < -0.39 is 12.0 Å². The van der Waals surface area contributed by atoms with Gasteiger partial charge in [-0.1, -0.05) is 30.3 Å². The van der Waals surface area contributed by atoms with E-state index in [4.69, 9.17) is 20.2 Å². The van der Waals surface area contributed by atoms with E-state index in [-0.39, 0.29) is 18.2 Å². The second-order valence-electron chi connectivity index (χ2n) is 9.17. The molecule has 2 aromatic carbocycles. The molecule has 0 aliphatic carbocycles. The second kappa shape index (κ2) is 9.10. The van der Waals surface area contributed by atoms with Crippen molar-refractivity contribution >= 4 is 28.7 Å². The lowest BCUT2D eigenvalue weighted by atomic mass is 9.95. The maximum absolute atomic E-state index is 12.5. The van der Waals surface area contributed by atoms with E-state index >= 15 is 0 Å². The molecule has 2 aliphatic rings. The number of nitrogens with two attached hydrogens (primary N) is 1. The zero-order valence-corrected chi connectivity index (χ0v) is 19.6. The summed E-state index contributed by atoms with van der Waals surface area (Å²) in [5.74, 6) is 0.536. The van der Waals surface area contributed by atoms with E-state index in [1.807, 2.05) is 37.3 Å². The third kappa shape index (κ3) is 3.92. The summed E-state index contributed by atoms with van der Waals surface area (Å²) in [4.78, 5) is 31.0. The molecule has 2 N–H and O–H groups in total. The van der Waals surface area contributed by atoms with Crippen LogP contribution in [0, 0.1) is 0 Å². The minimum Gasteiger partial charge on any atom is -0.452 e. The molecule has 3 heterocycles. The number of aryl methyl sites for hydroxylation is 1. The maximum atomic E-state index is 12.5. The van der Waals surface area contributed by atoms with Gasteiger partial charge in [0.2, 0.25) is 5.91 Å². The van der Waals surface area contributed by atoms with Gasteiger partial charge in [0, 0.05) is 18.0 Å². The highest BCUT2D eigenvalue weighted by molar-refractivity contribution is 5.95. The molecule has 1 fully saturated rings. The molecule has 5 rings (SSSR count). The minimum absolute atomic E-state index is 0.0524. The number of fused-ring (bicyclic) bond motifs is 3. The monoisotopic (exact) mass is 462 g/mol. The topological polar surface area (TPSA) is 99.7 Å². The molecule has 34 heavy (non-hydrogen) atoms. The van der Waals surface area contributed by atoms with Gasteiger partial charge in [-0.2, -0.15) is 0 Å². The van der Waals surface area contributed by atoms with Crippen LogP contribution < -0.4 is 10.6 Å². The molecular formula is C26H30N4O4. The molecule has 0 unspecified atom stereocenters. The predicted octanol–water partition coefficient (Wildman–Crippen LogP) is 3.74. The van der Waals surface area contributed by atoms with E-state index in [0.717, 1.165) is 47.4 Å². The molecule has 0 saturated carbocycles. The Balaban J connectivity index is 1.61. The Kier molecular flexibility index (Phi) is 6.00. The van der Waals surface area contributed by atoms with Gasteiger partial charge in [0.05, 0.1) is 36.5 Å². The van der Waals surface area contributed by atoms with Crippen molar-refractivity contribution in [1.29, 1.82) is 0 Å². The number of benzene rings is 2. The Bertz CT molecular complexity index is 1210. The van der Waals surface area contributed by atoms with Crippen molar-refractivity contribution < 1.29 is 19.1 Å². The summed E-state index contributed by atoms with van der Waals surface area (Å²) in [6, 6.07) is 14.4. The average molecular weight is 463 g/mol. The van der Waals surface area contributed by atoms with E-state index in [2.05, 4.69) is 16.7 Å². The van der Waals surface area contributed by atoms with Crippen LogP contribution in [0.15, 0.2) is 42.5 Å². The van der Waals surface area contributed by atoms with Crippen molar-refractivity contribution in [2.45, 2.75) is 57.2 Å². The highest BCUT2D eigenvalue weighted by atomic mass is 16.5. The smallest absolute Gasteiger partial charge is 0.414 e. The van der Waals surface area contributed by atoms with Crippen molar-refractivity contribution in [2.75, 3.05) is 18.6 Å². The summed E-state index contributed by atoms with van der Waals surface area (Å²) in [6.07, 6.45) is 2.84. The summed E-state index contributed by atoms with van der Waals surface area (Å²) in [5.41, 5.74) is 10.5. The Morgan fingerprint density at radius 3 is 2.62 bits per heavy atom. The third-order valence-electron chi connectivity index (χ3n) is 7.04. The van der Waals surface area contributed by atoms with Gasteiger partial charge >= 0.3 is 6.09 Å². The van der Waals surface area contributed by atoms with E-state index in [9.17, 15) is 9.59 Å². The number of methoxy groups -OCH3 is 1. The molecule has 178 valence electrons. The molecule has 3 aromatic rings. The molecule has 8 heteroatoms. The number of ether oxygens (including phenoxy) is 2. The molecule has 1 aromatic heterocycles. The van der Waals surface area contributed by atoms with E-state index in [1.54, 1.807) is 4.90 Å². The molecular weight excluding hydrogens is 432 g/mol. The molecule has 8 nitrogen and oxygen atoms in total. The number of rotatable bonds is 4. The first kappa shape index (κ1) is 22.4. The van der Waals surface area contributed by atoms with Gasteiger partial charge in [-0.25, -0.2) is 9.78 Å². The van der Waals surface area contributed by atoms with Crippen molar-refractivity contribution in [3.8, 4) is 0 Å². The van der Waals surface area contributed by atoms with Gasteiger partial charge in [-0.05, 0) is 50.3 Å². The largest absolute Gasteiger partial charge is 0.452 e. The molecule has 2 aliphatic heterocycles. The molecule has 0 radical (unpaired) electrons. The number of carbonyl (C=O) groups is 2. The number of primary amides is 1. The van der Waals surface area contributed by atoms with Gasteiger partial charge < -0.3 is 19.8 Å². The van der Waals surface area contributed by atoms with Crippen LogP contribution in [0.2, 0.25) is 0 Å². The first-order valence-electron chi connectivity index (χ1n) is 11.8. The van der Waals surface area contributed by atoms with Crippen LogP contribution in [-0.4, -0.2) is 47.4 Å². The fourth-order valence-corrected chi connectivity index (χ4v) is 5.30. The van der Waals surface area contributed by atoms with E-state index in [0.29, 0.717) is 19.4 Å². The first-order valence-corrected chi connectivity index (χ1v) is 11.8. The molecule has 0 bridgehead atoms. The summed E-state index contributed by atoms with van der Waals surface area (Å²) in [6.45, 7) is 2.45. The number of nitrogens with zero attached hydrogens (tertiary/aromatic N) is 3. The zero-order valence-electron chi connectivity index (χ0n) is 19.6. The minimum atomic E-state index is -0.536. The van der Waals surface area contributed by atoms with Crippen LogP contribution in [0.5, 0.6) is 0 Å². The van der Waals surface area contributed by atoms with Crippen LogP contribution in [0.25, 0.3) is 11.0 Å². The fraction of sp³-hybridized carbons (Fsp3) is 0.423. The molecule has 1 saturated heterocycles. The summed E-state index contributed by atoms with van der Waals surface area (Å²) in [7, 11) is 1.41. The van der Waals surface area contributed by atoms with Crippen LogP contribution in [0.3, 0.4) is 0 Å². The second-order valence-corrected chi connectivity index (χ2v) is 9.17. The summed E-state index contributed by atoms with van der Waals surface area (Å²) < 4.78 is 13.2. The Morgan fingerprint density at radius 2 is 1.94 bits per heavy atom. The van der Waals surface area contributed by atoms with Gasteiger partial charge in [0.25, 0.3) is 0 Å². The number of amides is 2. The predicted molar refractivity (Wildman–Crippen MR) is 129 cm³/mol. The number of hydrogen-bond donors (Lipinski definition) is 1. The highest BCUT2D eigenvalue weighted by Gasteiger charge is 2.33. The van der Waals surface area contributed by atoms with Gasteiger partial charge in [-0.15, -0.1) is 0 Å². The maximum Gasteiger partial charge on any atom is 0.414 e. The Hall–Kier alpha value is -3.39. The van der Waals surface area contributed by atoms with Gasteiger partial charge in [-0.3, -0.25) is 9.69 Å². The Morgan fingerprint density at radius 1 is 1.15 bits per heavy atom. The molecule has 2 amide bonds.